The van der Waals surface area contributed by atoms with Gasteiger partial charge in [-0.1, -0.05) is 55.3 Å². The second kappa shape index (κ2) is 10.0. The van der Waals surface area contributed by atoms with Crippen molar-refractivity contribution in [2.24, 2.45) is 0 Å². The summed E-state index contributed by atoms with van der Waals surface area (Å²) in [7, 11) is 3.16. The summed E-state index contributed by atoms with van der Waals surface area (Å²) >= 11 is 1.24. The van der Waals surface area contributed by atoms with Crippen LogP contribution in [0.4, 0.5) is 0 Å². The van der Waals surface area contributed by atoms with Crippen molar-refractivity contribution < 1.29 is 18.7 Å². The monoisotopic (exact) mass is 438 g/mol. The molecular formula is C24H26N2O4S. The van der Waals surface area contributed by atoms with Gasteiger partial charge in [0, 0.05) is 11.1 Å². The van der Waals surface area contributed by atoms with Crippen LogP contribution in [0.25, 0.3) is 11.5 Å². The van der Waals surface area contributed by atoms with Crippen LogP contribution in [0, 0.1) is 0 Å². The molecular weight excluding hydrogens is 412 g/mol. The number of Topliss-reactive ketones (excluding diaryl/α,β-unsaturated/α-hetero) is 1. The lowest BCUT2D eigenvalue weighted by Crippen LogP contribution is -2.06. The minimum atomic E-state index is 0.0473. The Morgan fingerprint density at radius 3 is 2.45 bits per heavy atom. The normalized spacial score (nSPS) is 14.4. The minimum absolute atomic E-state index is 0.0473. The number of ketones is 1. The number of carbonyl (C=O) groups is 1. The average Bonchev–Trinajstić information content (AvgIpc) is 3.32. The third-order valence-electron chi connectivity index (χ3n) is 5.67. The van der Waals surface area contributed by atoms with E-state index < -0.39 is 0 Å². The lowest BCUT2D eigenvalue weighted by Gasteiger charge is -2.22. The molecule has 162 valence electrons. The molecule has 31 heavy (non-hydrogen) atoms. The van der Waals surface area contributed by atoms with Crippen molar-refractivity contribution in [3.8, 4) is 23.0 Å². The maximum absolute atomic E-state index is 12.6. The van der Waals surface area contributed by atoms with Gasteiger partial charge < -0.3 is 13.9 Å². The molecule has 0 atom stereocenters. The van der Waals surface area contributed by atoms with E-state index in [4.69, 9.17) is 13.9 Å². The first-order chi connectivity index (χ1) is 15.2. The van der Waals surface area contributed by atoms with Gasteiger partial charge in [-0.05, 0) is 42.5 Å². The number of thioether (sulfide) groups is 1. The molecule has 1 fully saturated rings. The zero-order valence-corrected chi connectivity index (χ0v) is 18.6. The van der Waals surface area contributed by atoms with Gasteiger partial charge in [0.2, 0.25) is 5.89 Å². The molecule has 1 saturated carbocycles. The summed E-state index contributed by atoms with van der Waals surface area (Å²) in [6.45, 7) is 0. The SMILES string of the molecule is COc1ccc(-c2nnc(SCC(=O)c3ccc(C4CCCCC4)cc3)o2)cc1OC. The number of hydrogen-bond acceptors (Lipinski definition) is 7. The summed E-state index contributed by atoms with van der Waals surface area (Å²) in [5, 5.41) is 8.50. The van der Waals surface area contributed by atoms with E-state index in [1.54, 1.807) is 26.4 Å². The molecule has 0 spiro atoms. The Labute approximate surface area is 186 Å². The van der Waals surface area contributed by atoms with E-state index in [0.29, 0.717) is 34.1 Å². The van der Waals surface area contributed by atoms with Gasteiger partial charge in [-0.25, -0.2) is 0 Å². The van der Waals surface area contributed by atoms with Gasteiger partial charge in [0.15, 0.2) is 17.3 Å². The molecule has 1 heterocycles. The molecule has 0 amide bonds. The maximum Gasteiger partial charge on any atom is 0.277 e. The second-order valence-corrected chi connectivity index (χ2v) is 8.54. The van der Waals surface area contributed by atoms with Gasteiger partial charge in [-0.3, -0.25) is 4.79 Å². The van der Waals surface area contributed by atoms with Crippen molar-refractivity contribution in [1.29, 1.82) is 0 Å². The number of carbonyl (C=O) groups excluding carboxylic acids is 1. The second-order valence-electron chi connectivity index (χ2n) is 7.61. The molecule has 0 aliphatic heterocycles. The first-order valence-corrected chi connectivity index (χ1v) is 11.5. The first-order valence-electron chi connectivity index (χ1n) is 10.5. The molecule has 0 unspecified atom stereocenters. The summed E-state index contributed by atoms with van der Waals surface area (Å²) in [6.07, 6.45) is 6.45. The molecule has 3 aromatic rings. The molecule has 4 rings (SSSR count). The van der Waals surface area contributed by atoms with Gasteiger partial charge in [0.1, 0.15) is 0 Å². The summed E-state index contributed by atoms with van der Waals surface area (Å²) < 4.78 is 16.3. The summed E-state index contributed by atoms with van der Waals surface area (Å²) in [5.74, 6) is 2.51. The predicted octanol–water partition coefficient (Wildman–Crippen LogP) is 5.78. The van der Waals surface area contributed by atoms with Crippen LogP contribution in [-0.2, 0) is 0 Å². The predicted molar refractivity (Wildman–Crippen MR) is 120 cm³/mol. The van der Waals surface area contributed by atoms with Crippen LogP contribution in [0.3, 0.4) is 0 Å². The standard InChI is InChI=1S/C24H26N2O4S/c1-28-21-13-12-19(14-22(21)29-2)23-25-26-24(30-23)31-15-20(27)18-10-8-17(9-11-18)16-6-4-3-5-7-16/h8-14,16H,3-7,15H2,1-2H3. The zero-order chi connectivity index (χ0) is 21.6. The summed E-state index contributed by atoms with van der Waals surface area (Å²) in [4.78, 5) is 12.6. The molecule has 7 heteroatoms. The number of rotatable bonds is 8. The van der Waals surface area contributed by atoms with Crippen LogP contribution in [0.1, 0.15) is 53.9 Å². The van der Waals surface area contributed by atoms with Crippen LogP contribution >= 0.6 is 11.8 Å². The van der Waals surface area contributed by atoms with E-state index in [1.165, 1.54) is 49.4 Å². The smallest absolute Gasteiger partial charge is 0.277 e. The third-order valence-corrected chi connectivity index (χ3v) is 6.49. The van der Waals surface area contributed by atoms with Crippen LogP contribution in [0.15, 0.2) is 52.1 Å². The van der Waals surface area contributed by atoms with E-state index >= 15 is 0 Å². The number of benzene rings is 2. The minimum Gasteiger partial charge on any atom is -0.493 e. The van der Waals surface area contributed by atoms with Crippen LogP contribution in [0.2, 0.25) is 0 Å². The van der Waals surface area contributed by atoms with Gasteiger partial charge in [0.25, 0.3) is 5.22 Å². The number of nitrogens with zero attached hydrogens (tertiary/aromatic N) is 2. The average molecular weight is 439 g/mol. The van der Waals surface area contributed by atoms with Crippen molar-refractivity contribution in [3.05, 3.63) is 53.6 Å². The van der Waals surface area contributed by atoms with E-state index in [2.05, 4.69) is 22.3 Å². The topological polar surface area (TPSA) is 74.5 Å². The highest BCUT2D eigenvalue weighted by molar-refractivity contribution is 7.99. The lowest BCUT2D eigenvalue weighted by molar-refractivity contribution is 0.102. The van der Waals surface area contributed by atoms with Crippen LogP contribution in [-0.4, -0.2) is 36.0 Å². The van der Waals surface area contributed by atoms with E-state index in [1.807, 2.05) is 18.2 Å². The molecule has 6 nitrogen and oxygen atoms in total. The van der Waals surface area contributed by atoms with Crippen LogP contribution < -0.4 is 9.47 Å². The Kier molecular flexibility index (Phi) is 6.92. The Bertz CT molecular complexity index is 1030. The molecule has 0 bridgehead atoms. The van der Waals surface area contributed by atoms with Crippen molar-refractivity contribution in [3.63, 3.8) is 0 Å². The largest absolute Gasteiger partial charge is 0.493 e. The molecule has 1 aliphatic carbocycles. The number of aromatic nitrogens is 2. The van der Waals surface area contributed by atoms with Gasteiger partial charge in [-0.15, -0.1) is 10.2 Å². The zero-order valence-electron chi connectivity index (χ0n) is 17.8. The van der Waals surface area contributed by atoms with Gasteiger partial charge in [-0.2, -0.15) is 0 Å². The van der Waals surface area contributed by atoms with Gasteiger partial charge >= 0.3 is 0 Å². The molecule has 0 N–H and O–H groups in total. The summed E-state index contributed by atoms with van der Waals surface area (Å²) in [5.41, 5.74) is 2.79. The van der Waals surface area contributed by atoms with E-state index in [-0.39, 0.29) is 11.5 Å². The lowest BCUT2D eigenvalue weighted by atomic mass is 9.84. The van der Waals surface area contributed by atoms with Crippen molar-refractivity contribution >= 4 is 17.5 Å². The number of hydrogen-bond donors (Lipinski definition) is 0. The van der Waals surface area contributed by atoms with Gasteiger partial charge in [0.05, 0.1) is 20.0 Å². The first kappa shape index (κ1) is 21.4. The highest BCUT2D eigenvalue weighted by Crippen LogP contribution is 2.34. The van der Waals surface area contributed by atoms with Crippen molar-refractivity contribution in [2.45, 2.75) is 43.2 Å². The van der Waals surface area contributed by atoms with E-state index in [0.717, 1.165) is 5.56 Å². The number of methoxy groups -OCH3 is 2. The fourth-order valence-electron chi connectivity index (χ4n) is 3.94. The molecule has 1 aromatic heterocycles. The van der Waals surface area contributed by atoms with Crippen molar-refractivity contribution in [2.75, 3.05) is 20.0 Å². The molecule has 0 radical (unpaired) electrons. The molecule has 1 aliphatic rings. The van der Waals surface area contributed by atoms with Crippen molar-refractivity contribution in [1.82, 2.24) is 10.2 Å². The maximum atomic E-state index is 12.6. The highest BCUT2D eigenvalue weighted by Gasteiger charge is 2.17. The Morgan fingerprint density at radius 2 is 1.74 bits per heavy atom. The quantitative estimate of drug-likeness (QED) is 0.326. The van der Waals surface area contributed by atoms with E-state index in [9.17, 15) is 4.79 Å². The Hall–Kier alpha value is -2.80. The molecule has 2 aromatic carbocycles. The molecule has 0 saturated heterocycles. The third kappa shape index (κ3) is 5.10. The Balaban J connectivity index is 1.36. The summed E-state index contributed by atoms with van der Waals surface area (Å²) in [6, 6.07) is 13.5. The Morgan fingerprint density at radius 1 is 1.00 bits per heavy atom. The van der Waals surface area contributed by atoms with Crippen LogP contribution in [0.5, 0.6) is 11.5 Å². The number of ether oxygens (including phenoxy) is 2. The highest BCUT2D eigenvalue weighted by atomic mass is 32.2. The fraction of sp³-hybridized carbons (Fsp3) is 0.375. The fourth-order valence-corrected chi connectivity index (χ4v) is 4.60.